The minimum Gasteiger partial charge on any atom is -0.340 e. The van der Waals surface area contributed by atoms with Crippen molar-refractivity contribution in [2.24, 2.45) is 7.05 Å². The van der Waals surface area contributed by atoms with E-state index < -0.39 is 0 Å². The van der Waals surface area contributed by atoms with E-state index >= 15 is 0 Å². The monoisotopic (exact) mass is 254 g/mol. The number of benzene rings is 1. The maximum absolute atomic E-state index is 11.9. The lowest BCUT2D eigenvalue weighted by molar-refractivity contribution is 0.103. The van der Waals surface area contributed by atoms with Gasteiger partial charge < -0.3 is 4.57 Å². The summed E-state index contributed by atoms with van der Waals surface area (Å²) in [6.07, 6.45) is 3.23. The number of rotatable bonds is 2. The molecule has 5 heteroatoms. The van der Waals surface area contributed by atoms with Crippen LogP contribution in [0.1, 0.15) is 16.1 Å². The van der Waals surface area contributed by atoms with Gasteiger partial charge in [-0.05, 0) is 18.2 Å². The Bertz CT molecular complexity index is 549. The second-order valence-electron chi connectivity index (χ2n) is 3.38. The van der Waals surface area contributed by atoms with Gasteiger partial charge in [0, 0.05) is 18.8 Å². The number of imidazole rings is 1. The van der Waals surface area contributed by atoms with E-state index in [1.807, 2.05) is 0 Å². The Morgan fingerprint density at radius 1 is 1.31 bits per heavy atom. The van der Waals surface area contributed by atoms with Gasteiger partial charge in [-0.1, -0.05) is 23.2 Å². The summed E-state index contributed by atoms with van der Waals surface area (Å²) in [4.78, 5) is 15.9. The van der Waals surface area contributed by atoms with E-state index in [1.165, 1.54) is 0 Å². The van der Waals surface area contributed by atoms with E-state index in [2.05, 4.69) is 4.98 Å². The standard InChI is InChI=1S/C11H8Cl2N2O/c1-15-5-10(14-6-15)11(16)7-2-3-8(12)9(13)4-7/h2-6H,1H3. The van der Waals surface area contributed by atoms with Crippen LogP contribution in [0.25, 0.3) is 0 Å². The van der Waals surface area contributed by atoms with Crippen LogP contribution in [-0.2, 0) is 7.05 Å². The van der Waals surface area contributed by atoms with E-state index in [4.69, 9.17) is 23.2 Å². The van der Waals surface area contributed by atoms with Gasteiger partial charge in [0.25, 0.3) is 0 Å². The number of carbonyl (C=O) groups excluding carboxylic acids is 1. The van der Waals surface area contributed by atoms with Gasteiger partial charge in [-0.3, -0.25) is 4.79 Å². The third kappa shape index (κ3) is 2.10. The van der Waals surface area contributed by atoms with E-state index in [-0.39, 0.29) is 5.78 Å². The van der Waals surface area contributed by atoms with Gasteiger partial charge in [-0.25, -0.2) is 4.98 Å². The zero-order valence-corrected chi connectivity index (χ0v) is 9.96. The Morgan fingerprint density at radius 3 is 2.62 bits per heavy atom. The molecule has 0 unspecified atom stereocenters. The van der Waals surface area contributed by atoms with Crippen LogP contribution >= 0.6 is 23.2 Å². The smallest absolute Gasteiger partial charge is 0.212 e. The molecule has 0 bridgehead atoms. The SMILES string of the molecule is Cn1cnc(C(=O)c2ccc(Cl)c(Cl)c2)c1. The average molecular weight is 255 g/mol. The molecule has 0 aliphatic heterocycles. The van der Waals surface area contributed by atoms with Gasteiger partial charge in [0.2, 0.25) is 5.78 Å². The minimum absolute atomic E-state index is 0.167. The molecular weight excluding hydrogens is 247 g/mol. The quantitative estimate of drug-likeness (QED) is 0.773. The van der Waals surface area contributed by atoms with Gasteiger partial charge in [-0.15, -0.1) is 0 Å². The van der Waals surface area contributed by atoms with Crippen LogP contribution in [0, 0.1) is 0 Å². The lowest BCUT2D eigenvalue weighted by atomic mass is 10.1. The molecule has 16 heavy (non-hydrogen) atoms. The maximum Gasteiger partial charge on any atom is 0.212 e. The first kappa shape index (κ1) is 11.2. The molecule has 2 aromatic rings. The Balaban J connectivity index is 2.38. The number of nitrogens with zero attached hydrogens (tertiary/aromatic N) is 2. The van der Waals surface area contributed by atoms with Crippen LogP contribution in [0.2, 0.25) is 10.0 Å². The Hall–Kier alpha value is -1.32. The van der Waals surface area contributed by atoms with Gasteiger partial charge in [0.15, 0.2) is 0 Å². The molecule has 0 amide bonds. The van der Waals surface area contributed by atoms with Crippen molar-refractivity contribution < 1.29 is 4.79 Å². The molecule has 0 aliphatic carbocycles. The molecule has 0 radical (unpaired) electrons. The lowest BCUT2D eigenvalue weighted by Crippen LogP contribution is -2.01. The lowest BCUT2D eigenvalue weighted by Gasteiger charge is -1.99. The first-order chi connectivity index (χ1) is 7.58. The summed E-state index contributed by atoms with van der Waals surface area (Å²) < 4.78 is 1.71. The molecule has 0 saturated heterocycles. The van der Waals surface area contributed by atoms with Crippen molar-refractivity contribution in [3.8, 4) is 0 Å². The molecule has 0 aliphatic rings. The fraction of sp³-hybridized carbons (Fsp3) is 0.0909. The summed E-state index contributed by atoms with van der Waals surface area (Å²) in [5, 5.41) is 0.794. The van der Waals surface area contributed by atoms with Crippen LogP contribution in [-0.4, -0.2) is 15.3 Å². The van der Waals surface area contributed by atoms with Crippen molar-refractivity contribution in [3.05, 3.63) is 52.0 Å². The largest absolute Gasteiger partial charge is 0.340 e. The topological polar surface area (TPSA) is 34.9 Å². The molecule has 1 aromatic heterocycles. The summed E-state index contributed by atoms with van der Waals surface area (Å²) >= 11 is 11.6. The average Bonchev–Trinajstić information content (AvgIpc) is 2.68. The number of ketones is 1. The zero-order valence-electron chi connectivity index (χ0n) is 8.45. The summed E-state index contributed by atoms with van der Waals surface area (Å²) in [7, 11) is 1.80. The van der Waals surface area contributed by atoms with Crippen molar-refractivity contribution in [3.63, 3.8) is 0 Å². The highest BCUT2D eigenvalue weighted by molar-refractivity contribution is 6.42. The molecule has 0 saturated carbocycles. The van der Waals surface area contributed by atoms with Crippen LogP contribution < -0.4 is 0 Å². The number of halogens is 2. The van der Waals surface area contributed by atoms with Gasteiger partial charge in [0.05, 0.1) is 16.4 Å². The first-order valence-corrected chi connectivity index (χ1v) is 5.31. The number of hydrogen-bond acceptors (Lipinski definition) is 2. The van der Waals surface area contributed by atoms with Gasteiger partial charge in [-0.2, -0.15) is 0 Å². The summed E-state index contributed by atoms with van der Waals surface area (Å²) in [6.45, 7) is 0. The Morgan fingerprint density at radius 2 is 2.06 bits per heavy atom. The molecule has 3 nitrogen and oxygen atoms in total. The van der Waals surface area contributed by atoms with Crippen LogP contribution in [0.4, 0.5) is 0 Å². The van der Waals surface area contributed by atoms with Crippen LogP contribution in [0.15, 0.2) is 30.7 Å². The first-order valence-electron chi connectivity index (χ1n) is 4.55. The molecule has 0 spiro atoms. The summed E-state index contributed by atoms with van der Waals surface area (Å²) in [6, 6.07) is 4.77. The third-order valence-electron chi connectivity index (χ3n) is 2.12. The van der Waals surface area contributed by atoms with Crippen LogP contribution in [0.5, 0.6) is 0 Å². The molecule has 0 fully saturated rings. The highest BCUT2D eigenvalue weighted by Gasteiger charge is 2.12. The minimum atomic E-state index is -0.167. The Kier molecular flexibility index (Phi) is 2.99. The molecule has 0 atom stereocenters. The fourth-order valence-electron chi connectivity index (χ4n) is 1.32. The van der Waals surface area contributed by atoms with E-state index in [9.17, 15) is 4.79 Å². The normalized spacial score (nSPS) is 10.4. The highest BCUT2D eigenvalue weighted by Crippen LogP contribution is 2.23. The number of aromatic nitrogens is 2. The molecule has 82 valence electrons. The maximum atomic E-state index is 11.9. The highest BCUT2D eigenvalue weighted by atomic mass is 35.5. The van der Waals surface area contributed by atoms with Crippen molar-refractivity contribution in [1.29, 1.82) is 0 Å². The molecule has 2 rings (SSSR count). The molecular formula is C11H8Cl2N2O. The van der Waals surface area contributed by atoms with E-state index in [1.54, 1.807) is 42.3 Å². The molecule has 0 N–H and O–H groups in total. The van der Waals surface area contributed by atoms with Crippen molar-refractivity contribution in [1.82, 2.24) is 9.55 Å². The third-order valence-corrected chi connectivity index (χ3v) is 2.86. The number of hydrogen-bond donors (Lipinski definition) is 0. The summed E-state index contributed by atoms with van der Waals surface area (Å²) in [5.41, 5.74) is 0.869. The predicted octanol–water partition coefficient (Wildman–Crippen LogP) is 2.96. The Labute approximate surface area is 103 Å². The van der Waals surface area contributed by atoms with Crippen molar-refractivity contribution in [2.45, 2.75) is 0 Å². The number of aryl methyl sites for hydroxylation is 1. The number of carbonyl (C=O) groups is 1. The second-order valence-corrected chi connectivity index (χ2v) is 4.20. The van der Waals surface area contributed by atoms with Gasteiger partial charge in [0.1, 0.15) is 5.69 Å². The fourth-order valence-corrected chi connectivity index (χ4v) is 1.61. The van der Waals surface area contributed by atoms with Crippen LogP contribution in [0.3, 0.4) is 0 Å². The molecule has 1 heterocycles. The van der Waals surface area contributed by atoms with E-state index in [0.717, 1.165) is 0 Å². The van der Waals surface area contributed by atoms with Crippen molar-refractivity contribution in [2.75, 3.05) is 0 Å². The van der Waals surface area contributed by atoms with E-state index in [0.29, 0.717) is 21.3 Å². The predicted molar refractivity (Wildman–Crippen MR) is 63.1 cm³/mol. The second kappa shape index (κ2) is 4.28. The van der Waals surface area contributed by atoms with Gasteiger partial charge >= 0.3 is 0 Å². The zero-order chi connectivity index (χ0) is 11.7. The van der Waals surface area contributed by atoms with Crippen molar-refractivity contribution >= 4 is 29.0 Å². The summed E-state index contributed by atoms with van der Waals surface area (Å²) in [5.74, 6) is -0.167. The molecule has 1 aromatic carbocycles.